The average Bonchev–Trinajstić information content (AvgIpc) is 1.69. The van der Waals surface area contributed by atoms with Gasteiger partial charge in [0.2, 0.25) is 0 Å². The lowest BCUT2D eigenvalue weighted by Gasteiger charge is -1.94. The van der Waals surface area contributed by atoms with E-state index in [-0.39, 0.29) is 0 Å². The number of hydrogen-bond acceptors (Lipinski definition) is 5. The Morgan fingerprint density at radius 1 is 1.71 bits per heavy atom. The molecule has 4 N–H and O–H groups in total. The monoisotopic (exact) mass is 103 g/mol. The fourth-order valence-electron chi connectivity index (χ4n) is 0.0744. The quantitative estimate of drug-likeness (QED) is 0.132. The van der Waals surface area contributed by atoms with E-state index in [0.29, 0.717) is 0 Å². The van der Waals surface area contributed by atoms with Crippen molar-refractivity contribution in [2.75, 3.05) is 0 Å². The highest BCUT2D eigenvalue weighted by Crippen LogP contribution is 1.48. The van der Waals surface area contributed by atoms with Crippen molar-refractivity contribution in [2.24, 2.45) is 5.90 Å². The van der Waals surface area contributed by atoms with Crippen LogP contribution in [0.4, 0.5) is 0 Å². The van der Waals surface area contributed by atoms with Crippen molar-refractivity contribution in [1.29, 1.82) is 0 Å². The zero-order chi connectivity index (χ0) is 5.54. The Labute approximate surface area is 40.6 Å². The molecule has 0 amide bonds. The molecule has 0 bridgehead atoms. The first-order valence-electron chi connectivity index (χ1n) is 1.40. The second-order valence-electron chi connectivity index (χ2n) is 0.551. The standard InChI is InChI=1S/C2H5N3O2/c1-2-4-5-7-6-3/h1,4-5H,3H2. The maximum absolute atomic E-state index is 4.67. The van der Waals surface area contributed by atoms with Crippen molar-refractivity contribution in [3.63, 3.8) is 0 Å². The predicted octanol–water partition coefficient (Wildman–Crippen LogP) is -1.59. The zero-order valence-corrected chi connectivity index (χ0v) is 3.47. The van der Waals surface area contributed by atoms with Crippen molar-refractivity contribution in [2.45, 2.75) is 0 Å². The van der Waals surface area contributed by atoms with E-state index in [0.717, 1.165) is 0 Å². The van der Waals surface area contributed by atoms with Gasteiger partial charge in [0, 0.05) is 6.04 Å². The Kier molecular flexibility index (Phi) is 4.61. The van der Waals surface area contributed by atoms with Crippen LogP contribution in [0.5, 0.6) is 0 Å². The maximum atomic E-state index is 4.67. The third-order valence-corrected chi connectivity index (χ3v) is 0.213. The van der Waals surface area contributed by atoms with E-state index in [1.165, 1.54) is 0 Å². The molecule has 0 aromatic rings. The zero-order valence-electron chi connectivity index (χ0n) is 3.47. The van der Waals surface area contributed by atoms with Crippen molar-refractivity contribution in [3.8, 4) is 12.5 Å². The van der Waals surface area contributed by atoms with Gasteiger partial charge in [0.25, 0.3) is 0 Å². The van der Waals surface area contributed by atoms with Gasteiger partial charge in [-0.25, -0.2) is 0 Å². The Morgan fingerprint density at radius 3 is 2.86 bits per heavy atom. The van der Waals surface area contributed by atoms with E-state index in [2.05, 4.69) is 27.7 Å². The Balaban J connectivity index is 2.60. The lowest BCUT2D eigenvalue weighted by atomic mass is 11.2. The molecule has 0 aliphatic heterocycles. The molecule has 0 aromatic heterocycles. The molecular weight excluding hydrogens is 98.0 g/mol. The van der Waals surface area contributed by atoms with Gasteiger partial charge < -0.3 is 0 Å². The lowest BCUT2D eigenvalue weighted by Crippen LogP contribution is -2.28. The molecule has 7 heavy (non-hydrogen) atoms. The number of nitrogens with two attached hydrogens (primary N) is 1. The van der Waals surface area contributed by atoms with E-state index >= 15 is 0 Å². The summed E-state index contributed by atoms with van der Waals surface area (Å²) in [6.45, 7) is 0. The van der Waals surface area contributed by atoms with Crippen molar-refractivity contribution < 1.29 is 9.98 Å². The average molecular weight is 103 g/mol. The fraction of sp³-hybridized carbons (Fsp3) is 0. The molecule has 0 aliphatic rings. The first-order valence-corrected chi connectivity index (χ1v) is 1.40. The van der Waals surface area contributed by atoms with Gasteiger partial charge in [-0.1, -0.05) is 12.0 Å². The maximum Gasteiger partial charge on any atom is 0.0186 e. The fourth-order valence-corrected chi connectivity index (χ4v) is 0.0744. The third-order valence-electron chi connectivity index (χ3n) is 0.213. The molecular formula is C2H5N3O2. The molecule has 0 saturated carbocycles. The van der Waals surface area contributed by atoms with E-state index in [1.54, 1.807) is 0 Å². The minimum absolute atomic E-state index is 1.95. The summed E-state index contributed by atoms with van der Waals surface area (Å²) in [6.07, 6.45) is 4.67. The molecule has 0 atom stereocenters. The SMILES string of the molecule is C#CNNOON. The van der Waals surface area contributed by atoms with Gasteiger partial charge in [-0.2, -0.15) is 5.90 Å². The second-order valence-corrected chi connectivity index (χ2v) is 0.551. The van der Waals surface area contributed by atoms with Gasteiger partial charge in [-0.3, -0.25) is 5.43 Å². The smallest absolute Gasteiger partial charge is 0.0186 e. The van der Waals surface area contributed by atoms with Crippen molar-refractivity contribution >= 4 is 0 Å². The van der Waals surface area contributed by atoms with Crippen LogP contribution in [0.2, 0.25) is 0 Å². The molecule has 0 spiro atoms. The summed E-state index contributed by atoms with van der Waals surface area (Å²) in [5, 5.41) is 0. The number of hydrazine groups is 1. The van der Waals surface area contributed by atoms with E-state index in [4.69, 9.17) is 0 Å². The molecule has 0 heterocycles. The minimum atomic E-state index is 1.95. The summed E-state index contributed by atoms with van der Waals surface area (Å²) in [4.78, 5) is 7.42. The molecule has 5 heteroatoms. The molecule has 0 aliphatic carbocycles. The van der Waals surface area contributed by atoms with Crippen molar-refractivity contribution in [3.05, 3.63) is 0 Å². The summed E-state index contributed by atoms with van der Waals surface area (Å²) in [6, 6.07) is 1.98. The van der Waals surface area contributed by atoms with Crippen LogP contribution in [0.3, 0.4) is 0 Å². The van der Waals surface area contributed by atoms with Gasteiger partial charge in [-0.05, 0) is 0 Å². The minimum Gasteiger partial charge on any atom is -0.255 e. The molecule has 0 radical (unpaired) electrons. The molecule has 0 aromatic carbocycles. The Bertz CT molecular complexity index is 67.8. The molecule has 0 rings (SSSR count). The van der Waals surface area contributed by atoms with Gasteiger partial charge in [0.15, 0.2) is 0 Å². The second kappa shape index (κ2) is 5.20. The Morgan fingerprint density at radius 2 is 2.43 bits per heavy atom. The normalized spacial score (nSPS) is 7.43. The molecule has 0 unspecified atom stereocenters. The summed E-state index contributed by atoms with van der Waals surface area (Å²) in [5.41, 5.74) is 4.05. The Hall–Kier alpha value is -0.800. The highest BCUT2D eigenvalue weighted by molar-refractivity contribution is 4.75. The summed E-state index contributed by atoms with van der Waals surface area (Å²) in [7, 11) is 0. The van der Waals surface area contributed by atoms with Crippen LogP contribution in [-0.4, -0.2) is 0 Å². The van der Waals surface area contributed by atoms with Gasteiger partial charge in [0.05, 0.1) is 0 Å². The van der Waals surface area contributed by atoms with E-state index < -0.39 is 0 Å². The van der Waals surface area contributed by atoms with Crippen LogP contribution in [-0.2, 0) is 9.98 Å². The van der Waals surface area contributed by atoms with Crippen molar-refractivity contribution in [1.82, 2.24) is 11.0 Å². The van der Waals surface area contributed by atoms with Crippen LogP contribution in [0.1, 0.15) is 0 Å². The molecule has 40 valence electrons. The summed E-state index contributed by atoms with van der Waals surface area (Å²) >= 11 is 0. The summed E-state index contributed by atoms with van der Waals surface area (Å²) in [5.74, 6) is 4.38. The van der Waals surface area contributed by atoms with Gasteiger partial charge in [0.1, 0.15) is 0 Å². The highest BCUT2D eigenvalue weighted by Gasteiger charge is 1.70. The van der Waals surface area contributed by atoms with Crippen LogP contribution >= 0.6 is 0 Å². The largest absolute Gasteiger partial charge is 0.255 e. The number of nitrogens with one attached hydrogen (secondary N) is 2. The van der Waals surface area contributed by atoms with Crippen LogP contribution < -0.4 is 16.9 Å². The number of rotatable bonds is 3. The van der Waals surface area contributed by atoms with E-state index in [1.807, 2.05) is 11.6 Å². The molecule has 0 fully saturated rings. The third kappa shape index (κ3) is 5.20. The van der Waals surface area contributed by atoms with Gasteiger partial charge >= 0.3 is 0 Å². The topological polar surface area (TPSA) is 68.5 Å². The van der Waals surface area contributed by atoms with E-state index in [9.17, 15) is 0 Å². The molecule has 0 saturated heterocycles. The number of terminal acetylenes is 1. The van der Waals surface area contributed by atoms with Crippen LogP contribution in [0.15, 0.2) is 0 Å². The van der Waals surface area contributed by atoms with Gasteiger partial charge in [-0.15, -0.1) is 9.98 Å². The van der Waals surface area contributed by atoms with Crippen LogP contribution in [0.25, 0.3) is 0 Å². The molecule has 5 nitrogen and oxygen atoms in total. The number of hydrogen-bond donors (Lipinski definition) is 3. The van der Waals surface area contributed by atoms with Crippen LogP contribution in [0, 0.1) is 12.5 Å². The summed E-state index contributed by atoms with van der Waals surface area (Å²) < 4.78 is 0. The lowest BCUT2D eigenvalue weighted by molar-refractivity contribution is -0.347. The predicted molar refractivity (Wildman–Crippen MR) is 21.5 cm³/mol. The first kappa shape index (κ1) is 6.20. The first-order chi connectivity index (χ1) is 3.41. The highest BCUT2D eigenvalue weighted by atomic mass is 17.3.